The maximum absolute atomic E-state index is 13.0. The van der Waals surface area contributed by atoms with Gasteiger partial charge in [-0.05, 0) is 64.6 Å². The fourth-order valence-electron chi connectivity index (χ4n) is 4.73. The lowest BCUT2D eigenvalue weighted by Crippen LogP contribution is -2.33. The molecule has 1 atom stereocenters. The third-order valence-corrected chi connectivity index (χ3v) is 7.00. The highest BCUT2D eigenvalue weighted by Crippen LogP contribution is 2.30. The minimum Gasteiger partial charge on any atom is -0.481 e. The number of nitrogens with zero attached hydrogens (tertiary/aromatic N) is 1. The van der Waals surface area contributed by atoms with E-state index < -0.39 is 11.9 Å². The van der Waals surface area contributed by atoms with Crippen LogP contribution in [0.4, 0.5) is 5.69 Å². The molecule has 38 heavy (non-hydrogen) atoms. The topological polar surface area (TPSA) is 86.7 Å². The van der Waals surface area contributed by atoms with Crippen molar-refractivity contribution in [1.29, 1.82) is 0 Å². The molecule has 0 radical (unpaired) electrons. The van der Waals surface area contributed by atoms with Gasteiger partial charge in [0.05, 0.1) is 5.92 Å². The summed E-state index contributed by atoms with van der Waals surface area (Å²) in [5.41, 5.74) is 6.70. The molecular weight excluding hydrogens is 476 g/mol. The highest BCUT2D eigenvalue weighted by atomic mass is 16.4. The van der Waals surface area contributed by atoms with Crippen LogP contribution in [0.2, 0.25) is 0 Å². The van der Waals surface area contributed by atoms with Gasteiger partial charge < -0.3 is 15.3 Å². The van der Waals surface area contributed by atoms with Crippen LogP contribution in [0, 0.1) is 5.92 Å². The minimum atomic E-state index is -0.884. The van der Waals surface area contributed by atoms with E-state index in [2.05, 4.69) is 5.32 Å². The average molecular weight is 505 g/mol. The van der Waals surface area contributed by atoms with Gasteiger partial charge in [0, 0.05) is 29.9 Å². The Morgan fingerprint density at radius 2 is 1.45 bits per heavy atom. The van der Waals surface area contributed by atoms with Gasteiger partial charge in [0.1, 0.15) is 0 Å². The maximum Gasteiger partial charge on any atom is 0.308 e. The average Bonchev–Trinajstić information content (AvgIpc) is 3.26. The third-order valence-electron chi connectivity index (χ3n) is 7.00. The van der Waals surface area contributed by atoms with Crippen LogP contribution < -0.4 is 5.32 Å². The molecule has 190 valence electrons. The van der Waals surface area contributed by atoms with Gasteiger partial charge in [-0.25, -0.2) is 0 Å². The van der Waals surface area contributed by atoms with Crippen molar-refractivity contribution in [2.75, 3.05) is 11.9 Å². The lowest BCUT2D eigenvalue weighted by atomic mass is 9.99. The zero-order valence-corrected chi connectivity index (χ0v) is 21.1. The standard InChI is InChI=1S/C32H28N2O4/c1-2-21(32(37)38)19-34-20-27-13-12-26(18-29(27)31(34)36)24-8-10-25(11-9-24)30(35)33-28-16-14-23(15-17-28)22-6-4-3-5-7-22/h3-18,21H,2,19-20H2,1H3,(H,33,35)(H,37,38)/t21-/m0/s1. The van der Waals surface area contributed by atoms with Gasteiger partial charge in [0.15, 0.2) is 0 Å². The van der Waals surface area contributed by atoms with Crippen molar-refractivity contribution in [2.24, 2.45) is 5.92 Å². The molecule has 2 amide bonds. The number of carbonyl (C=O) groups excluding carboxylic acids is 2. The molecule has 6 heteroatoms. The molecule has 0 saturated carbocycles. The lowest BCUT2D eigenvalue weighted by Gasteiger charge is -2.19. The maximum atomic E-state index is 13.0. The van der Waals surface area contributed by atoms with Crippen LogP contribution in [0.5, 0.6) is 0 Å². The number of carboxylic acid groups (broad SMARTS) is 1. The molecule has 0 unspecified atom stereocenters. The quantitative estimate of drug-likeness (QED) is 0.293. The zero-order valence-electron chi connectivity index (χ0n) is 21.1. The second-order valence-corrected chi connectivity index (χ2v) is 9.48. The van der Waals surface area contributed by atoms with Crippen molar-refractivity contribution in [2.45, 2.75) is 19.9 Å². The van der Waals surface area contributed by atoms with Gasteiger partial charge in [0.25, 0.3) is 11.8 Å². The normalized spacial score (nSPS) is 13.2. The van der Waals surface area contributed by atoms with E-state index in [-0.39, 0.29) is 18.4 Å². The summed E-state index contributed by atoms with van der Waals surface area (Å²) in [6, 6.07) is 30.8. The lowest BCUT2D eigenvalue weighted by molar-refractivity contribution is -0.142. The summed E-state index contributed by atoms with van der Waals surface area (Å²) in [6.07, 6.45) is 0.472. The molecule has 4 aromatic rings. The molecule has 0 bridgehead atoms. The van der Waals surface area contributed by atoms with Gasteiger partial charge in [-0.2, -0.15) is 0 Å². The van der Waals surface area contributed by atoms with Crippen molar-refractivity contribution in [3.63, 3.8) is 0 Å². The molecule has 1 aliphatic rings. The summed E-state index contributed by atoms with van der Waals surface area (Å²) in [5.74, 6) is -1.80. The summed E-state index contributed by atoms with van der Waals surface area (Å²) in [6.45, 7) is 2.44. The molecule has 6 nitrogen and oxygen atoms in total. The number of hydrogen-bond acceptors (Lipinski definition) is 3. The summed E-state index contributed by atoms with van der Waals surface area (Å²) in [4.78, 5) is 38.8. The second-order valence-electron chi connectivity index (χ2n) is 9.48. The Morgan fingerprint density at radius 1 is 0.842 bits per heavy atom. The first-order valence-corrected chi connectivity index (χ1v) is 12.6. The summed E-state index contributed by atoms with van der Waals surface area (Å²) in [5, 5.41) is 12.3. The molecule has 0 aliphatic carbocycles. The molecule has 1 heterocycles. The van der Waals surface area contributed by atoms with Gasteiger partial charge in [0.2, 0.25) is 0 Å². The summed E-state index contributed by atoms with van der Waals surface area (Å²) in [7, 11) is 0. The Kier molecular flexibility index (Phi) is 7.05. The van der Waals surface area contributed by atoms with Crippen LogP contribution in [0.3, 0.4) is 0 Å². The molecular formula is C32H28N2O4. The first-order valence-electron chi connectivity index (χ1n) is 12.6. The van der Waals surface area contributed by atoms with Gasteiger partial charge >= 0.3 is 5.97 Å². The van der Waals surface area contributed by atoms with E-state index in [1.54, 1.807) is 17.0 Å². The number of fused-ring (bicyclic) bond motifs is 1. The predicted octanol–water partition coefficient (Wildman–Crippen LogP) is 6.34. The smallest absolute Gasteiger partial charge is 0.308 e. The largest absolute Gasteiger partial charge is 0.481 e. The molecule has 1 aliphatic heterocycles. The third kappa shape index (κ3) is 5.20. The van der Waals surface area contributed by atoms with E-state index in [9.17, 15) is 19.5 Å². The second kappa shape index (κ2) is 10.7. The van der Waals surface area contributed by atoms with Crippen LogP contribution in [-0.4, -0.2) is 34.3 Å². The number of rotatable bonds is 8. The number of anilines is 1. The number of aliphatic carboxylic acids is 1. The van der Waals surface area contributed by atoms with Crippen LogP contribution in [0.25, 0.3) is 22.3 Å². The number of carboxylic acids is 1. The molecule has 5 rings (SSSR count). The molecule has 0 aromatic heterocycles. The Hall–Kier alpha value is -4.71. The van der Waals surface area contributed by atoms with Crippen molar-refractivity contribution >= 4 is 23.5 Å². The fraction of sp³-hybridized carbons (Fsp3) is 0.156. The number of benzene rings is 4. The zero-order chi connectivity index (χ0) is 26.6. The number of amides is 2. The van der Waals surface area contributed by atoms with Crippen molar-refractivity contribution < 1.29 is 19.5 Å². The molecule has 0 spiro atoms. The Morgan fingerprint density at radius 3 is 2.11 bits per heavy atom. The monoisotopic (exact) mass is 504 g/mol. The summed E-state index contributed by atoms with van der Waals surface area (Å²) < 4.78 is 0. The van der Waals surface area contributed by atoms with Crippen LogP contribution in [0.1, 0.15) is 39.6 Å². The number of nitrogens with one attached hydrogen (secondary N) is 1. The minimum absolute atomic E-state index is 0.143. The predicted molar refractivity (Wildman–Crippen MR) is 148 cm³/mol. The van der Waals surface area contributed by atoms with Gasteiger partial charge in [-0.3, -0.25) is 14.4 Å². The number of hydrogen-bond donors (Lipinski definition) is 2. The Balaban J connectivity index is 1.25. The fourth-order valence-corrected chi connectivity index (χ4v) is 4.73. The molecule has 0 saturated heterocycles. The van der Waals surface area contributed by atoms with Crippen LogP contribution >= 0.6 is 0 Å². The van der Waals surface area contributed by atoms with Gasteiger partial charge in [-0.15, -0.1) is 0 Å². The Labute approximate surface area is 221 Å². The number of carbonyl (C=O) groups is 3. The van der Waals surface area contributed by atoms with Crippen molar-refractivity contribution in [3.05, 3.63) is 114 Å². The first-order chi connectivity index (χ1) is 18.4. The molecule has 2 N–H and O–H groups in total. The van der Waals surface area contributed by atoms with Crippen LogP contribution in [-0.2, 0) is 11.3 Å². The summed E-state index contributed by atoms with van der Waals surface area (Å²) >= 11 is 0. The van der Waals surface area contributed by atoms with Crippen LogP contribution in [0.15, 0.2) is 97.1 Å². The molecule has 0 fully saturated rings. The van der Waals surface area contributed by atoms with E-state index in [0.29, 0.717) is 29.8 Å². The van der Waals surface area contributed by atoms with E-state index in [4.69, 9.17) is 0 Å². The van der Waals surface area contributed by atoms with Gasteiger partial charge in [-0.1, -0.05) is 73.7 Å². The van der Waals surface area contributed by atoms with Crippen molar-refractivity contribution in [1.82, 2.24) is 4.90 Å². The highest BCUT2D eigenvalue weighted by Gasteiger charge is 2.31. The SMILES string of the molecule is CC[C@@H](CN1Cc2ccc(-c3ccc(C(=O)Nc4ccc(-c5ccccc5)cc4)cc3)cc2C1=O)C(=O)O. The van der Waals surface area contributed by atoms with E-state index in [0.717, 1.165) is 27.8 Å². The molecule has 4 aromatic carbocycles. The van der Waals surface area contributed by atoms with Crippen molar-refractivity contribution in [3.8, 4) is 22.3 Å². The van der Waals surface area contributed by atoms with E-state index >= 15 is 0 Å². The Bertz CT molecular complexity index is 1480. The highest BCUT2D eigenvalue weighted by molar-refractivity contribution is 6.04. The first kappa shape index (κ1) is 25.0. The van der Waals surface area contributed by atoms with E-state index in [1.807, 2.05) is 91.9 Å². The van der Waals surface area contributed by atoms with E-state index in [1.165, 1.54) is 0 Å².